The third kappa shape index (κ3) is 3.57. The maximum Gasteiger partial charge on any atom is 0.563 e. The number of nitriles is 1. The zero-order valence-corrected chi connectivity index (χ0v) is 10.4. The predicted molar refractivity (Wildman–Crippen MR) is 73.1 cm³/mol. The molecule has 98 valence electrons. The van der Waals surface area contributed by atoms with E-state index in [9.17, 15) is 9.82 Å². The molecule has 2 N–H and O–H groups in total. The van der Waals surface area contributed by atoms with E-state index < -0.39 is 13.2 Å². The van der Waals surface area contributed by atoms with Crippen LogP contribution in [0.25, 0.3) is 0 Å². The van der Waals surface area contributed by atoms with Crippen molar-refractivity contribution in [1.82, 2.24) is 4.98 Å². The summed E-state index contributed by atoms with van der Waals surface area (Å²) in [7, 11) is -1.37. The lowest BCUT2D eigenvalue weighted by Crippen LogP contribution is -2.37. The van der Waals surface area contributed by atoms with E-state index in [1.807, 2.05) is 6.07 Å². The second-order valence-corrected chi connectivity index (χ2v) is 3.83. The molecule has 0 bridgehead atoms. The molecule has 0 aliphatic heterocycles. The summed E-state index contributed by atoms with van der Waals surface area (Å²) in [6, 6.07) is 13.3. The number of hydrogen-bond donors (Lipinski definition) is 2. The lowest BCUT2D eigenvalue weighted by molar-refractivity contribution is 0.208. The third-order valence-corrected chi connectivity index (χ3v) is 2.42. The summed E-state index contributed by atoms with van der Waals surface area (Å²) in [5.74, 6) is 0.175. The molecule has 6 nitrogen and oxygen atoms in total. The van der Waals surface area contributed by atoms with Crippen molar-refractivity contribution in [2.45, 2.75) is 0 Å². The van der Waals surface area contributed by atoms with E-state index in [1.165, 1.54) is 18.3 Å². The summed E-state index contributed by atoms with van der Waals surface area (Å²) in [4.78, 5) is 15.4. The topological polar surface area (TPSA) is 95.2 Å². The minimum Gasteiger partial charge on any atom is -0.489 e. The van der Waals surface area contributed by atoms with Crippen LogP contribution < -0.4 is 10.8 Å². The van der Waals surface area contributed by atoms with Crippen LogP contribution in [0.1, 0.15) is 5.56 Å². The molecule has 0 aliphatic rings. The lowest BCUT2D eigenvalue weighted by atomic mass is 9.80. The van der Waals surface area contributed by atoms with E-state index in [-0.39, 0.29) is 5.82 Å². The number of hydrogen-bond acceptors (Lipinski definition) is 5. The Bertz CT molecular complexity index is 643. The van der Waals surface area contributed by atoms with Crippen molar-refractivity contribution >= 4 is 24.5 Å². The fourth-order valence-electron chi connectivity index (χ4n) is 1.49. The van der Waals surface area contributed by atoms with Gasteiger partial charge in [-0.2, -0.15) is 5.26 Å². The quantitative estimate of drug-likeness (QED) is 0.805. The van der Waals surface area contributed by atoms with Gasteiger partial charge in [0.05, 0.1) is 11.6 Å². The van der Waals surface area contributed by atoms with Crippen molar-refractivity contribution in [3.8, 4) is 6.07 Å². The van der Waals surface area contributed by atoms with E-state index in [0.29, 0.717) is 11.0 Å². The van der Waals surface area contributed by atoms with Crippen LogP contribution in [0.15, 0.2) is 48.7 Å². The molecule has 0 unspecified atom stereocenters. The predicted octanol–water partition coefficient (Wildman–Crippen LogP) is 0.889. The Morgan fingerprint density at radius 1 is 1.35 bits per heavy atom. The lowest BCUT2D eigenvalue weighted by Gasteiger charge is -2.09. The van der Waals surface area contributed by atoms with Gasteiger partial charge in [0, 0.05) is 6.20 Å². The van der Waals surface area contributed by atoms with Crippen LogP contribution >= 0.6 is 0 Å². The Kier molecular flexibility index (Phi) is 4.32. The van der Waals surface area contributed by atoms with Crippen LogP contribution in [0.2, 0.25) is 0 Å². The number of aromatic nitrogens is 1. The van der Waals surface area contributed by atoms with Crippen LogP contribution in [0.3, 0.4) is 0 Å². The van der Waals surface area contributed by atoms with E-state index >= 15 is 0 Å². The molecule has 2 rings (SSSR count). The zero-order valence-electron chi connectivity index (χ0n) is 10.4. The highest BCUT2D eigenvalue weighted by molar-refractivity contribution is 6.61. The zero-order chi connectivity index (χ0) is 14.4. The van der Waals surface area contributed by atoms with Crippen molar-refractivity contribution in [2.75, 3.05) is 5.32 Å². The van der Waals surface area contributed by atoms with Crippen molar-refractivity contribution in [3.05, 3.63) is 54.2 Å². The molecule has 7 heteroatoms. The number of carbonyl (C=O) groups excluding carboxylic acids is 1. The number of nitrogens with one attached hydrogen (secondary N) is 1. The Morgan fingerprint density at radius 2 is 2.10 bits per heavy atom. The number of carbonyl (C=O) groups is 1. The molecule has 1 amide bonds. The molecule has 1 heterocycles. The van der Waals surface area contributed by atoms with Crippen molar-refractivity contribution in [1.29, 1.82) is 5.26 Å². The first-order valence-corrected chi connectivity index (χ1v) is 5.76. The molecule has 0 spiro atoms. The summed E-state index contributed by atoms with van der Waals surface area (Å²) in [5, 5.41) is 20.8. The molecule has 1 aromatic carbocycles. The van der Waals surface area contributed by atoms with E-state index in [4.69, 9.17) is 9.92 Å². The van der Waals surface area contributed by atoms with Gasteiger partial charge in [-0.15, -0.1) is 0 Å². The minimum absolute atomic E-state index is 0.175. The number of anilines is 1. The van der Waals surface area contributed by atoms with Gasteiger partial charge in [-0.3, -0.25) is 5.32 Å². The monoisotopic (exact) mass is 267 g/mol. The standard InChI is InChI=1S/C13H10BN3O3/c15-9-10-6-7-16-12(8-10)17-13(18)20-14(19)11-4-2-1-3-5-11/h1-8,19H,(H,16,17,18). The number of nitrogens with zero attached hydrogens (tertiary/aromatic N) is 2. The van der Waals surface area contributed by atoms with Crippen molar-refractivity contribution in [3.63, 3.8) is 0 Å². The SMILES string of the molecule is N#Cc1ccnc(NC(=O)OB(O)c2ccccc2)c1. The van der Waals surface area contributed by atoms with Gasteiger partial charge in [-0.1, -0.05) is 30.3 Å². The average molecular weight is 267 g/mol. The largest absolute Gasteiger partial charge is 0.563 e. The molecule has 1 aromatic heterocycles. The van der Waals surface area contributed by atoms with Crippen LogP contribution in [0.5, 0.6) is 0 Å². The summed E-state index contributed by atoms with van der Waals surface area (Å²) in [5.41, 5.74) is 0.820. The first kappa shape index (κ1) is 13.6. The third-order valence-electron chi connectivity index (χ3n) is 2.42. The van der Waals surface area contributed by atoms with E-state index in [1.54, 1.807) is 30.3 Å². The normalized spacial score (nSPS) is 9.40. The van der Waals surface area contributed by atoms with Gasteiger partial charge >= 0.3 is 13.2 Å². The van der Waals surface area contributed by atoms with Crippen LogP contribution in [-0.2, 0) is 4.65 Å². The van der Waals surface area contributed by atoms with Gasteiger partial charge in [0.1, 0.15) is 5.82 Å². The maximum absolute atomic E-state index is 11.6. The minimum atomic E-state index is -1.37. The fourth-order valence-corrected chi connectivity index (χ4v) is 1.49. The van der Waals surface area contributed by atoms with Gasteiger partial charge < -0.3 is 9.68 Å². The summed E-state index contributed by atoms with van der Waals surface area (Å²) in [6.07, 6.45) is 0.533. The first-order chi connectivity index (χ1) is 9.69. The Labute approximate surface area is 115 Å². The highest BCUT2D eigenvalue weighted by atomic mass is 16.6. The second kappa shape index (κ2) is 6.36. The number of rotatable bonds is 3. The molecule has 0 fully saturated rings. The second-order valence-electron chi connectivity index (χ2n) is 3.83. The molecule has 20 heavy (non-hydrogen) atoms. The summed E-state index contributed by atoms with van der Waals surface area (Å²) >= 11 is 0. The molecule has 0 saturated heterocycles. The molecule has 0 aliphatic carbocycles. The smallest absolute Gasteiger partial charge is 0.489 e. The molecule has 0 radical (unpaired) electrons. The molecule has 0 saturated carbocycles. The van der Waals surface area contributed by atoms with Gasteiger partial charge in [0.15, 0.2) is 0 Å². The Hall–Kier alpha value is -2.85. The van der Waals surface area contributed by atoms with Crippen LogP contribution in [0, 0.1) is 11.3 Å². The Morgan fingerprint density at radius 3 is 2.80 bits per heavy atom. The van der Waals surface area contributed by atoms with Crippen molar-refractivity contribution in [2.24, 2.45) is 0 Å². The van der Waals surface area contributed by atoms with Gasteiger partial charge in [0.25, 0.3) is 0 Å². The van der Waals surface area contributed by atoms with Crippen molar-refractivity contribution < 1.29 is 14.5 Å². The van der Waals surface area contributed by atoms with E-state index in [0.717, 1.165) is 0 Å². The molecule has 2 aromatic rings. The van der Waals surface area contributed by atoms with Crippen LogP contribution in [0.4, 0.5) is 10.6 Å². The number of amides is 1. The number of benzene rings is 1. The van der Waals surface area contributed by atoms with Gasteiger partial charge in [0.2, 0.25) is 0 Å². The maximum atomic E-state index is 11.6. The highest BCUT2D eigenvalue weighted by Gasteiger charge is 2.21. The van der Waals surface area contributed by atoms with Gasteiger partial charge in [-0.05, 0) is 17.6 Å². The highest BCUT2D eigenvalue weighted by Crippen LogP contribution is 2.06. The molecular weight excluding hydrogens is 257 g/mol. The van der Waals surface area contributed by atoms with E-state index in [2.05, 4.69) is 10.3 Å². The van der Waals surface area contributed by atoms with Crippen LogP contribution in [-0.4, -0.2) is 23.2 Å². The summed E-state index contributed by atoms with van der Waals surface area (Å²) in [6.45, 7) is 0. The molecule has 0 atom stereocenters. The van der Waals surface area contributed by atoms with Gasteiger partial charge in [-0.25, -0.2) is 9.78 Å². The Balaban J connectivity index is 1.97. The fraction of sp³-hybridized carbons (Fsp3) is 0. The molecular formula is C13H10BN3O3. The average Bonchev–Trinajstić information content (AvgIpc) is 2.48. The summed E-state index contributed by atoms with van der Waals surface area (Å²) < 4.78 is 4.80. The number of pyridine rings is 1. The first-order valence-electron chi connectivity index (χ1n) is 5.76.